The van der Waals surface area contributed by atoms with Crippen LogP contribution in [-0.2, 0) is 23.4 Å². The number of alkyl halides is 1. The van der Waals surface area contributed by atoms with Crippen molar-refractivity contribution in [2.75, 3.05) is 13.7 Å². The number of hydrogen-bond acceptors (Lipinski definition) is 10. The van der Waals surface area contributed by atoms with Crippen LogP contribution in [-0.4, -0.2) is 68.3 Å². The fourth-order valence-corrected chi connectivity index (χ4v) is 5.43. The fraction of sp³-hybridized carbons (Fsp3) is 0.455. The van der Waals surface area contributed by atoms with E-state index in [4.69, 9.17) is 13.8 Å². The molecule has 200 valence electrons. The molecule has 1 fully saturated rings. The number of nitrogens with one attached hydrogen (secondary N) is 2. The van der Waals surface area contributed by atoms with Gasteiger partial charge in [-0.2, -0.15) is 10.2 Å². The fourth-order valence-electron chi connectivity index (χ4n) is 3.93. The normalized spacial score (nSPS) is 26.1. The number of ether oxygens (including phenoxy) is 2. The van der Waals surface area contributed by atoms with Gasteiger partial charge in [-0.05, 0) is 32.9 Å². The van der Waals surface area contributed by atoms with Crippen molar-refractivity contribution < 1.29 is 37.4 Å². The van der Waals surface area contributed by atoms with Gasteiger partial charge in [0.15, 0.2) is 5.67 Å². The van der Waals surface area contributed by atoms with E-state index in [0.29, 0.717) is 0 Å². The van der Waals surface area contributed by atoms with Crippen LogP contribution in [0.15, 0.2) is 41.3 Å². The minimum absolute atomic E-state index is 0.0732. The van der Waals surface area contributed by atoms with Crippen molar-refractivity contribution in [3.63, 3.8) is 0 Å². The number of rotatable bonds is 9. The molecule has 0 spiro atoms. The van der Waals surface area contributed by atoms with Gasteiger partial charge in [-0.15, -0.1) is 0 Å². The van der Waals surface area contributed by atoms with Gasteiger partial charge in [0, 0.05) is 0 Å². The first-order valence-corrected chi connectivity index (χ1v) is 12.8. The Morgan fingerprint density at radius 3 is 2.78 bits per heavy atom. The number of halogens is 1. The average molecular weight is 539 g/mol. The molecule has 15 heteroatoms. The Kier molecular flexibility index (Phi) is 7.49. The van der Waals surface area contributed by atoms with Crippen LogP contribution in [0.5, 0.6) is 5.75 Å². The van der Waals surface area contributed by atoms with Gasteiger partial charge in [0.05, 0.1) is 25.6 Å². The molecule has 0 saturated carbocycles. The lowest BCUT2D eigenvalue weighted by Gasteiger charge is -2.25. The molecule has 1 aliphatic heterocycles. The molecular formula is C22H27FN5O8P. The lowest BCUT2D eigenvalue weighted by Crippen LogP contribution is -2.40. The molecule has 1 saturated heterocycles. The molecule has 4 rings (SSSR count). The summed E-state index contributed by atoms with van der Waals surface area (Å²) < 4.78 is 51.9. The van der Waals surface area contributed by atoms with Gasteiger partial charge in [-0.1, -0.05) is 18.2 Å². The number of carbonyl (C=O) groups excluding carboxylic acids is 1. The van der Waals surface area contributed by atoms with E-state index in [2.05, 4.69) is 24.9 Å². The second-order valence-corrected chi connectivity index (χ2v) is 10.4. The summed E-state index contributed by atoms with van der Waals surface area (Å²) in [5.41, 5.74) is -2.87. The lowest BCUT2D eigenvalue weighted by atomic mass is 9.93. The van der Waals surface area contributed by atoms with Gasteiger partial charge in [0.1, 0.15) is 35.9 Å². The van der Waals surface area contributed by atoms with Crippen LogP contribution >= 0.6 is 7.75 Å². The molecule has 0 amide bonds. The van der Waals surface area contributed by atoms with Gasteiger partial charge >= 0.3 is 13.7 Å². The van der Waals surface area contributed by atoms with Gasteiger partial charge in [-0.25, -0.2) is 18.5 Å². The van der Waals surface area contributed by atoms with Crippen molar-refractivity contribution >= 4 is 19.4 Å². The van der Waals surface area contributed by atoms with E-state index in [9.17, 15) is 19.3 Å². The van der Waals surface area contributed by atoms with Crippen molar-refractivity contribution in [1.82, 2.24) is 24.7 Å². The summed E-state index contributed by atoms with van der Waals surface area (Å²) in [6.07, 6.45) is -3.19. The van der Waals surface area contributed by atoms with E-state index in [-0.39, 0.29) is 22.9 Å². The number of hydrogen-bond donors (Lipinski definition) is 3. The number of aromatic nitrogens is 4. The number of nitrogens with zero attached hydrogens (tertiary/aromatic N) is 3. The molecule has 6 atom stereocenters. The zero-order valence-electron chi connectivity index (χ0n) is 20.5. The molecule has 1 unspecified atom stereocenters. The Balaban J connectivity index is 1.57. The average Bonchev–Trinajstić information content (AvgIpc) is 3.36. The van der Waals surface area contributed by atoms with E-state index in [0.717, 1.165) is 11.4 Å². The van der Waals surface area contributed by atoms with Crippen LogP contribution in [0.25, 0.3) is 5.65 Å². The first kappa shape index (κ1) is 26.9. The van der Waals surface area contributed by atoms with Gasteiger partial charge in [0.2, 0.25) is 5.65 Å². The summed E-state index contributed by atoms with van der Waals surface area (Å²) in [6, 6.07) is 6.97. The molecular weight excluding hydrogens is 512 g/mol. The number of carbonyl (C=O) groups is 1. The number of aryl methyl sites for hydroxylation is 1. The highest BCUT2D eigenvalue weighted by atomic mass is 31.2. The molecule has 37 heavy (non-hydrogen) atoms. The van der Waals surface area contributed by atoms with Crippen LogP contribution in [0.1, 0.15) is 31.5 Å². The third-order valence-corrected chi connectivity index (χ3v) is 7.46. The third-order valence-electron chi connectivity index (χ3n) is 5.82. The maximum atomic E-state index is 15.8. The molecule has 1 aromatic carbocycles. The number of aliphatic hydroxyl groups excluding tert-OH is 1. The number of imidazole rings is 1. The maximum absolute atomic E-state index is 15.8. The Labute approximate surface area is 210 Å². The SMILES string of the molecule is COC(=O)[C@H](C)NP(=O)(OC[C@H]1O[C@@H](c2cnc3c(=O)[nH]c(C)nn23)[C@](C)(F)[C@@H]1O)Oc1ccccc1. The predicted molar refractivity (Wildman–Crippen MR) is 127 cm³/mol. The van der Waals surface area contributed by atoms with E-state index in [1.165, 1.54) is 32.4 Å². The van der Waals surface area contributed by atoms with E-state index < -0.39 is 55.9 Å². The summed E-state index contributed by atoms with van der Waals surface area (Å²) in [5.74, 6) is -0.283. The number of aromatic amines is 1. The Morgan fingerprint density at radius 1 is 1.41 bits per heavy atom. The van der Waals surface area contributed by atoms with Crippen molar-refractivity contribution in [1.29, 1.82) is 0 Å². The molecule has 3 N–H and O–H groups in total. The molecule has 2 aromatic heterocycles. The monoisotopic (exact) mass is 539 g/mol. The first-order valence-electron chi connectivity index (χ1n) is 11.3. The number of esters is 1. The molecule has 0 radical (unpaired) electrons. The first-order chi connectivity index (χ1) is 17.4. The highest BCUT2D eigenvalue weighted by Gasteiger charge is 2.56. The minimum Gasteiger partial charge on any atom is -0.468 e. The number of aliphatic hydroxyl groups is 1. The van der Waals surface area contributed by atoms with Crippen LogP contribution in [0.2, 0.25) is 0 Å². The maximum Gasteiger partial charge on any atom is 0.459 e. The van der Waals surface area contributed by atoms with Crippen LogP contribution < -0.4 is 15.2 Å². The minimum atomic E-state index is -4.26. The number of methoxy groups -OCH3 is 1. The smallest absolute Gasteiger partial charge is 0.459 e. The Morgan fingerprint density at radius 2 is 2.11 bits per heavy atom. The molecule has 3 aromatic rings. The molecule has 3 heterocycles. The van der Waals surface area contributed by atoms with Crippen molar-refractivity contribution in [2.24, 2.45) is 0 Å². The summed E-state index contributed by atoms with van der Waals surface area (Å²) in [7, 11) is -3.09. The van der Waals surface area contributed by atoms with E-state index >= 15 is 4.39 Å². The quantitative estimate of drug-likeness (QED) is 0.267. The highest BCUT2D eigenvalue weighted by molar-refractivity contribution is 7.52. The zero-order valence-corrected chi connectivity index (χ0v) is 21.3. The number of para-hydroxylation sites is 1. The molecule has 0 aliphatic carbocycles. The Hall–Kier alpha value is -3.16. The van der Waals surface area contributed by atoms with Crippen molar-refractivity contribution in [3.8, 4) is 5.75 Å². The van der Waals surface area contributed by atoms with Crippen molar-refractivity contribution in [3.05, 3.63) is 58.4 Å². The summed E-state index contributed by atoms with van der Waals surface area (Å²) >= 11 is 0. The summed E-state index contributed by atoms with van der Waals surface area (Å²) in [4.78, 5) is 30.6. The summed E-state index contributed by atoms with van der Waals surface area (Å²) in [6.45, 7) is 3.49. The van der Waals surface area contributed by atoms with Gasteiger partial charge in [0.25, 0.3) is 5.56 Å². The topological polar surface area (TPSA) is 166 Å². The van der Waals surface area contributed by atoms with E-state index in [1.54, 1.807) is 25.1 Å². The van der Waals surface area contributed by atoms with Crippen LogP contribution in [0, 0.1) is 6.92 Å². The second kappa shape index (κ2) is 10.3. The number of H-pyrrole nitrogens is 1. The van der Waals surface area contributed by atoms with Crippen molar-refractivity contribution in [2.45, 2.75) is 50.8 Å². The van der Waals surface area contributed by atoms with Crippen LogP contribution in [0.3, 0.4) is 0 Å². The predicted octanol–water partition coefficient (Wildman–Crippen LogP) is 1.61. The lowest BCUT2D eigenvalue weighted by molar-refractivity contribution is -0.142. The number of fused-ring (bicyclic) bond motifs is 1. The molecule has 0 bridgehead atoms. The largest absolute Gasteiger partial charge is 0.468 e. The Bertz CT molecular complexity index is 1380. The zero-order chi connectivity index (χ0) is 27.0. The standard InChI is InChI=1S/C22H27FN5O8P/c1-12(21(31)33-4)27-37(32,36-14-8-6-5-7-9-14)34-11-16-17(29)22(3,23)18(35-16)15-10-24-19-20(30)25-13(2)26-28(15)19/h5-10,12,16-18,29H,11H2,1-4H3,(H,27,32)(H,25,26,30)/t12-,16+,17+,18-,22+,37?/m0/s1. The summed E-state index contributed by atoms with van der Waals surface area (Å²) in [5, 5.41) is 17.4. The van der Waals surface area contributed by atoms with Gasteiger partial charge in [-0.3, -0.25) is 14.1 Å². The molecule has 1 aliphatic rings. The third kappa shape index (κ3) is 5.43. The van der Waals surface area contributed by atoms with Crippen LogP contribution in [0.4, 0.5) is 4.39 Å². The van der Waals surface area contributed by atoms with E-state index in [1.807, 2.05) is 0 Å². The molecule has 13 nitrogen and oxygen atoms in total. The van der Waals surface area contributed by atoms with Gasteiger partial charge < -0.3 is 24.1 Å². The highest BCUT2D eigenvalue weighted by Crippen LogP contribution is 2.48. The second-order valence-electron chi connectivity index (χ2n) is 8.68. The number of benzene rings is 1.